The molecule has 1 aromatic rings. The van der Waals surface area contributed by atoms with E-state index in [4.69, 9.17) is 4.74 Å². The van der Waals surface area contributed by atoms with Crippen LogP contribution >= 0.6 is 15.9 Å². The number of hydrogen-bond donors (Lipinski definition) is 0. The van der Waals surface area contributed by atoms with Crippen LogP contribution in [0.25, 0.3) is 0 Å². The van der Waals surface area contributed by atoms with E-state index in [0.29, 0.717) is 6.61 Å². The van der Waals surface area contributed by atoms with Gasteiger partial charge >= 0.3 is 0 Å². The van der Waals surface area contributed by atoms with Crippen LogP contribution in [0.1, 0.15) is 25.0 Å². The first-order valence-electron chi connectivity index (χ1n) is 5.96. The number of aryl methyl sites for hydroxylation is 2. The number of ether oxygens (including phenoxy) is 1. The molecule has 0 fully saturated rings. The van der Waals surface area contributed by atoms with E-state index < -0.39 is 5.41 Å². The number of fused-ring (bicyclic) bond motifs is 1. The van der Waals surface area contributed by atoms with Crippen LogP contribution in [0.4, 0.5) is 5.69 Å². The van der Waals surface area contributed by atoms with Crippen LogP contribution in [-0.2, 0) is 4.79 Å². The molecule has 0 aliphatic carbocycles. The number of hydrogen-bond acceptors (Lipinski definition) is 2. The van der Waals surface area contributed by atoms with Gasteiger partial charge in [-0.3, -0.25) is 4.79 Å². The standard InChI is InChI=1S/C14H18BrNO2/c1-8-6-9(2)11-12(10(8)15)18-7-14(3,4)13(17)16(11)5/h6H,7H2,1-5H3. The van der Waals surface area contributed by atoms with Crippen molar-refractivity contribution in [1.29, 1.82) is 0 Å². The number of halogens is 1. The largest absolute Gasteiger partial charge is 0.489 e. The van der Waals surface area contributed by atoms with Crippen LogP contribution in [0.15, 0.2) is 10.5 Å². The summed E-state index contributed by atoms with van der Waals surface area (Å²) in [6.07, 6.45) is 0. The van der Waals surface area contributed by atoms with E-state index in [9.17, 15) is 4.79 Å². The van der Waals surface area contributed by atoms with Crippen LogP contribution < -0.4 is 9.64 Å². The van der Waals surface area contributed by atoms with Crippen LogP contribution in [0, 0.1) is 19.3 Å². The summed E-state index contributed by atoms with van der Waals surface area (Å²) in [5.41, 5.74) is 2.53. The van der Waals surface area contributed by atoms with E-state index >= 15 is 0 Å². The Hall–Kier alpha value is -1.03. The summed E-state index contributed by atoms with van der Waals surface area (Å²) in [7, 11) is 1.81. The van der Waals surface area contributed by atoms with Crippen molar-refractivity contribution >= 4 is 27.5 Å². The highest BCUT2D eigenvalue weighted by atomic mass is 79.9. The Labute approximate surface area is 116 Å². The molecule has 0 aromatic heterocycles. The first kappa shape index (κ1) is 13.4. The van der Waals surface area contributed by atoms with Gasteiger partial charge in [0, 0.05) is 7.05 Å². The third-order valence-electron chi connectivity index (χ3n) is 3.36. The zero-order valence-electron chi connectivity index (χ0n) is 11.4. The monoisotopic (exact) mass is 311 g/mol. The molecule has 18 heavy (non-hydrogen) atoms. The van der Waals surface area contributed by atoms with Crippen molar-refractivity contribution in [3.05, 3.63) is 21.7 Å². The fraction of sp³-hybridized carbons (Fsp3) is 0.500. The number of amides is 1. The molecule has 0 N–H and O–H groups in total. The average Bonchev–Trinajstić information content (AvgIpc) is 2.37. The molecule has 0 saturated heterocycles. The highest BCUT2D eigenvalue weighted by Gasteiger charge is 2.37. The molecule has 0 spiro atoms. The fourth-order valence-electron chi connectivity index (χ4n) is 2.34. The number of carbonyl (C=O) groups excluding carboxylic acids is 1. The topological polar surface area (TPSA) is 29.5 Å². The minimum atomic E-state index is -0.506. The van der Waals surface area contributed by atoms with Gasteiger partial charge in [-0.25, -0.2) is 0 Å². The quantitative estimate of drug-likeness (QED) is 0.734. The number of anilines is 1. The number of benzene rings is 1. The van der Waals surface area contributed by atoms with E-state index in [-0.39, 0.29) is 5.91 Å². The molecule has 3 nitrogen and oxygen atoms in total. The van der Waals surface area contributed by atoms with Gasteiger partial charge in [0.05, 0.1) is 15.6 Å². The van der Waals surface area contributed by atoms with Crippen molar-refractivity contribution in [2.45, 2.75) is 27.7 Å². The third-order valence-corrected chi connectivity index (χ3v) is 4.35. The van der Waals surface area contributed by atoms with Gasteiger partial charge in [-0.15, -0.1) is 0 Å². The van der Waals surface area contributed by atoms with Crippen molar-refractivity contribution in [2.24, 2.45) is 5.41 Å². The van der Waals surface area contributed by atoms with Crippen molar-refractivity contribution in [3.63, 3.8) is 0 Å². The van der Waals surface area contributed by atoms with Gasteiger partial charge < -0.3 is 9.64 Å². The van der Waals surface area contributed by atoms with Crippen molar-refractivity contribution in [1.82, 2.24) is 0 Å². The highest BCUT2D eigenvalue weighted by molar-refractivity contribution is 9.10. The highest BCUT2D eigenvalue weighted by Crippen LogP contribution is 2.44. The average molecular weight is 312 g/mol. The Bertz CT molecular complexity index is 523. The molecular formula is C14H18BrNO2. The van der Waals surface area contributed by atoms with E-state index in [1.54, 1.807) is 4.90 Å². The first-order chi connectivity index (χ1) is 8.25. The molecular weight excluding hydrogens is 294 g/mol. The van der Waals surface area contributed by atoms with Gasteiger partial charge in [-0.05, 0) is 54.8 Å². The maximum atomic E-state index is 12.4. The lowest BCUT2D eigenvalue weighted by atomic mass is 9.93. The van der Waals surface area contributed by atoms with E-state index in [1.807, 2.05) is 34.7 Å². The molecule has 1 aliphatic heterocycles. The Morgan fingerprint density at radius 2 is 1.94 bits per heavy atom. The number of nitrogens with zero attached hydrogens (tertiary/aromatic N) is 1. The van der Waals surface area contributed by atoms with Crippen molar-refractivity contribution in [3.8, 4) is 5.75 Å². The molecule has 0 atom stereocenters. The van der Waals surface area contributed by atoms with Gasteiger partial charge in [0.25, 0.3) is 0 Å². The molecule has 1 heterocycles. The van der Waals surface area contributed by atoms with Gasteiger partial charge in [0.2, 0.25) is 5.91 Å². The lowest BCUT2D eigenvalue weighted by molar-refractivity contribution is -0.127. The maximum Gasteiger partial charge on any atom is 0.235 e. The van der Waals surface area contributed by atoms with Crippen molar-refractivity contribution in [2.75, 3.05) is 18.6 Å². The molecule has 0 saturated carbocycles. The second kappa shape index (κ2) is 4.26. The summed E-state index contributed by atoms with van der Waals surface area (Å²) in [4.78, 5) is 14.1. The van der Waals surface area contributed by atoms with Gasteiger partial charge in [-0.2, -0.15) is 0 Å². The van der Waals surface area contributed by atoms with Crippen LogP contribution in [0.2, 0.25) is 0 Å². The molecule has 1 aromatic carbocycles. The second-order valence-electron chi connectivity index (χ2n) is 5.54. The van der Waals surface area contributed by atoms with Gasteiger partial charge in [-0.1, -0.05) is 6.07 Å². The molecule has 0 bridgehead atoms. The van der Waals surface area contributed by atoms with E-state index in [0.717, 1.165) is 27.0 Å². The van der Waals surface area contributed by atoms with Gasteiger partial charge in [0.1, 0.15) is 6.61 Å². The molecule has 4 heteroatoms. The Balaban J connectivity index is 2.68. The summed E-state index contributed by atoms with van der Waals surface area (Å²) >= 11 is 3.56. The molecule has 1 aliphatic rings. The van der Waals surface area contributed by atoms with E-state index in [1.165, 1.54) is 0 Å². The van der Waals surface area contributed by atoms with Crippen LogP contribution in [0.5, 0.6) is 5.75 Å². The minimum absolute atomic E-state index is 0.0834. The summed E-state index contributed by atoms with van der Waals surface area (Å²) in [6, 6.07) is 2.06. The summed E-state index contributed by atoms with van der Waals surface area (Å²) < 4.78 is 6.82. The predicted molar refractivity (Wildman–Crippen MR) is 76.3 cm³/mol. The number of rotatable bonds is 0. The van der Waals surface area contributed by atoms with Crippen molar-refractivity contribution < 1.29 is 9.53 Å². The predicted octanol–water partition coefficient (Wildman–Crippen LogP) is 3.45. The SMILES string of the molecule is Cc1cc(C)c2c(c1Br)OCC(C)(C)C(=O)N2C. The van der Waals surface area contributed by atoms with E-state index in [2.05, 4.69) is 22.0 Å². The zero-order valence-corrected chi connectivity index (χ0v) is 13.0. The Kier molecular flexibility index (Phi) is 3.18. The normalized spacial score (nSPS) is 18.1. The summed E-state index contributed by atoms with van der Waals surface area (Å²) in [5, 5.41) is 0. The Morgan fingerprint density at radius 3 is 2.56 bits per heavy atom. The lowest BCUT2D eigenvalue weighted by Crippen LogP contribution is -2.40. The zero-order chi connectivity index (χ0) is 13.7. The maximum absolute atomic E-state index is 12.4. The molecule has 0 radical (unpaired) electrons. The minimum Gasteiger partial charge on any atom is -0.489 e. The summed E-state index contributed by atoms with van der Waals surface area (Å²) in [5.74, 6) is 0.856. The fourth-order valence-corrected chi connectivity index (χ4v) is 2.75. The Morgan fingerprint density at radius 1 is 1.33 bits per heavy atom. The van der Waals surface area contributed by atoms with Gasteiger partial charge in [0.15, 0.2) is 5.75 Å². The second-order valence-corrected chi connectivity index (χ2v) is 6.33. The molecule has 1 amide bonds. The smallest absolute Gasteiger partial charge is 0.235 e. The summed E-state index contributed by atoms with van der Waals surface area (Å²) in [6.45, 7) is 8.24. The first-order valence-corrected chi connectivity index (χ1v) is 6.75. The van der Waals surface area contributed by atoms with Crippen LogP contribution in [-0.4, -0.2) is 19.6 Å². The molecule has 0 unspecified atom stereocenters. The van der Waals surface area contributed by atoms with Crippen LogP contribution in [0.3, 0.4) is 0 Å². The number of carbonyl (C=O) groups is 1. The third kappa shape index (κ3) is 1.92. The molecule has 98 valence electrons. The lowest BCUT2D eigenvalue weighted by Gasteiger charge is -2.25. The molecule has 2 rings (SSSR count).